The van der Waals surface area contributed by atoms with E-state index in [1.54, 1.807) is 13.8 Å². The zero-order chi connectivity index (χ0) is 24.6. The molecule has 1 aliphatic heterocycles. The maximum absolute atomic E-state index is 11.5. The summed E-state index contributed by atoms with van der Waals surface area (Å²) in [6, 6.07) is 23.5. The molecule has 0 amide bonds. The monoisotopic (exact) mass is 468 g/mol. The van der Waals surface area contributed by atoms with Crippen LogP contribution in [0, 0.1) is 0 Å². The van der Waals surface area contributed by atoms with Crippen molar-refractivity contribution in [2.24, 2.45) is 0 Å². The fraction of sp³-hybridized carbons (Fsp3) is 0.310. The summed E-state index contributed by atoms with van der Waals surface area (Å²) in [5.41, 5.74) is 7.12. The smallest absolute Gasteiger partial charge is 0.323 e. The van der Waals surface area contributed by atoms with E-state index in [0.717, 1.165) is 60.6 Å². The van der Waals surface area contributed by atoms with Crippen molar-refractivity contribution in [3.63, 3.8) is 0 Å². The van der Waals surface area contributed by atoms with E-state index in [0.29, 0.717) is 0 Å². The normalized spacial score (nSPS) is 15.0. The lowest BCUT2D eigenvalue weighted by atomic mass is 10.0. The highest BCUT2D eigenvalue weighted by Crippen LogP contribution is 2.28. The van der Waals surface area contributed by atoms with Gasteiger partial charge in [0.1, 0.15) is 11.4 Å². The summed E-state index contributed by atoms with van der Waals surface area (Å²) in [6.45, 7) is 8.84. The summed E-state index contributed by atoms with van der Waals surface area (Å²) < 4.78 is 0. The van der Waals surface area contributed by atoms with Gasteiger partial charge in [0.15, 0.2) is 0 Å². The third-order valence-corrected chi connectivity index (χ3v) is 7.27. The maximum Gasteiger partial charge on any atom is 0.323 e. The van der Waals surface area contributed by atoms with E-state index in [-0.39, 0.29) is 0 Å². The van der Waals surface area contributed by atoms with Crippen molar-refractivity contribution in [2.75, 3.05) is 31.1 Å². The molecule has 0 radical (unpaired) electrons. The summed E-state index contributed by atoms with van der Waals surface area (Å²) in [6.07, 6.45) is 1.01. The topological polar surface area (TPSA) is 72.5 Å². The van der Waals surface area contributed by atoms with E-state index in [9.17, 15) is 9.90 Å². The Hall–Kier alpha value is -3.64. The Morgan fingerprint density at radius 2 is 1.51 bits per heavy atom. The van der Waals surface area contributed by atoms with Gasteiger partial charge in [0.2, 0.25) is 0 Å². The van der Waals surface area contributed by atoms with Crippen LogP contribution in [0.3, 0.4) is 0 Å². The van der Waals surface area contributed by atoms with Gasteiger partial charge in [-0.05, 0) is 61.2 Å². The number of aromatic nitrogens is 2. The molecule has 0 saturated carbocycles. The molecule has 0 unspecified atom stereocenters. The van der Waals surface area contributed by atoms with Gasteiger partial charge in [0.25, 0.3) is 0 Å². The minimum Gasteiger partial charge on any atom is -0.480 e. The fourth-order valence-corrected chi connectivity index (χ4v) is 4.76. The zero-order valence-corrected chi connectivity index (χ0v) is 20.6. The molecule has 0 bridgehead atoms. The molecule has 0 aliphatic carbocycles. The molecular weight excluding hydrogens is 436 g/mol. The van der Waals surface area contributed by atoms with Gasteiger partial charge in [-0.3, -0.25) is 9.69 Å². The Balaban J connectivity index is 1.27. The van der Waals surface area contributed by atoms with Gasteiger partial charge in [-0.15, -0.1) is 0 Å². The first-order valence-corrected chi connectivity index (χ1v) is 12.3. The second kappa shape index (κ2) is 9.19. The first-order chi connectivity index (χ1) is 16.8. The molecular formula is C29H32N4O2. The highest BCUT2D eigenvalue weighted by Gasteiger charge is 2.36. The van der Waals surface area contributed by atoms with E-state index in [1.807, 2.05) is 4.90 Å². The van der Waals surface area contributed by atoms with Gasteiger partial charge < -0.3 is 15.0 Å². The number of piperazine rings is 1. The third kappa shape index (κ3) is 4.54. The first kappa shape index (κ1) is 23.1. The van der Waals surface area contributed by atoms with Gasteiger partial charge in [0, 0.05) is 37.4 Å². The van der Waals surface area contributed by atoms with Crippen LogP contribution < -0.4 is 4.90 Å². The summed E-state index contributed by atoms with van der Waals surface area (Å²) in [4.78, 5) is 24.1. The second-order valence-electron chi connectivity index (χ2n) is 9.75. The Bertz CT molecular complexity index is 1330. The van der Waals surface area contributed by atoms with Crippen LogP contribution in [-0.4, -0.2) is 57.7 Å². The number of aryl methyl sites for hydroxylation is 1. The van der Waals surface area contributed by atoms with Crippen LogP contribution >= 0.6 is 0 Å². The summed E-state index contributed by atoms with van der Waals surface area (Å²) in [7, 11) is 0. The van der Waals surface area contributed by atoms with Crippen LogP contribution in [0.2, 0.25) is 0 Å². The van der Waals surface area contributed by atoms with Gasteiger partial charge in [-0.25, -0.2) is 4.98 Å². The number of carbonyl (C=O) groups is 1. The number of hydrogen-bond donors (Lipinski definition) is 2. The van der Waals surface area contributed by atoms with Crippen LogP contribution in [0.15, 0.2) is 66.7 Å². The Labute approximate surface area is 206 Å². The predicted molar refractivity (Wildman–Crippen MR) is 142 cm³/mol. The second-order valence-corrected chi connectivity index (χ2v) is 9.75. The van der Waals surface area contributed by atoms with Crippen molar-refractivity contribution in [1.82, 2.24) is 14.9 Å². The molecule has 3 aromatic carbocycles. The van der Waals surface area contributed by atoms with E-state index >= 15 is 0 Å². The number of rotatable bonds is 6. The lowest BCUT2D eigenvalue weighted by Gasteiger charge is -2.42. The van der Waals surface area contributed by atoms with Gasteiger partial charge in [-0.1, -0.05) is 49.4 Å². The molecule has 0 spiro atoms. The number of nitrogens with one attached hydrogen (secondary N) is 1. The third-order valence-electron chi connectivity index (χ3n) is 7.27. The lowest BCUT2D eigenvalue weighted by Crippen LogP contribution is -2.58. The first-order valence-electron chi connectivity index (χ1n) is 12.3. The number of benzene rings is 3. The van der Waals surface area contributed by atoms with Crippen molar-refractivity contribution in [3.05, 3.63) is 72.3 Å². The Kier molecular flexibility index (Phi) is 6.07. The predicted octanol–water partition coefficient (Wildman–Crippen LogP) is 5.44. The Morgan fingerprint density at radius 3 is 2.11 bits per heavy atom. The van der Waals surface area contributed by atoms with Crippen LogP contribution in [-0.2, 0) is 11.2 Å². The van der Waals surface area contributed by atoms with Gasteiger partial charge >= 0.3 is 5.97 Å². The average Bonchev–Trinajstić information content (AvgIpc) is 3.32. The van der Waals surface area contributed by atoms with E-state index in [2.05, 4.69) is 83.5 Å². The molecule has 6 nitrogen and oxygen atoms in total. The molecule has 1 fully saturated rings. The molecule has 35 heavy (non-hydrogen) atoms. The van der Waals surface area contributed by atoms with E-state index < -0.39 is 11.5 Å². The summed E-state index contributed by atoms with van der Waals surface area (Å²) >= 11 is 0. The molecule has 180 valence electrons. The molecule has 5 rings (SSSR count). The van der Waals surface area contributed by atoms with Crippen LogP contribution in [0.5, 0.6) is 0 Å². The molecule has 1 aliphatic rings. The summed E-state index contributed by atoms with van der Waals surface area (Å²) in [5, 5.41) is 9.49. The molecule has 4 aromatic rings. The highest BCUT2D eigenvalue weighted by molar-refractivity contribution is 5.80. The number of aliphatic carboxylic acids is 1. The number of fused-ring (bicyclic) bond motifs is 1. The van der Waals surface area contributed by atoms with Gasteiger partial charge in [-0.2, -0.15) is 0 Å². The van der Waals surface area contributed by atoms with Gasteiger partial charge in [0.05, 0.1) is 11.0 Å². The minimum atomic E-state index is -0.830. The molecule has 0 atom stereocenters. The number of aromatic amines is 1. The van der Waals surface area contributed by atoms with Crippen LogP contribution in [0.4, 0.5) is 5.69 Å². The zero-order valence-electron chi connectivity index (χ0n) is 20.6. The van der Waals surface area contributed by atoms with E-state index in [4.69, 9.17) is 4.98 Å². The Morgan fingerprint density at radius 1 is 0.914 bits per heavy atom. The number of imidazole rings is 1. The minimum absolute atomic E-state index is 0.740. The molecule has 2 N–H and O–H groups in total. The van der Waals surface area contributed by atoms with Crippen molar-refractivity contribution < 1.29 is 9.90 Å². The number of H-pyrrole nitrogens is 1. The molecule has 1 aromatic heterocycles. The fourth-order valence-electron chi connectivity index (χ4n) is 4.76. The van der Waals surface area contributed by atoms with Crippen molar-refractivity contribution in [3.8, 4) is 22.5 Å². The standard InChI is InChI=1S/C29H32N4O2/c1-4-20-5-14-25-26(19-20)31-27(30-25)23-8-6-21(7-9-23)22-10-12-24(13-11-22)32-15-17-33(18-16-32)29(2,3)28(34)35/h5-14,19H,4,15-18H2,1-3H3,(H,30,31)(H,34,35). The van der Waals surface area contributed by atoms with Crippen LogP contribution in [0.25, 0.3) is 33.5 Å². The molecule has 1 saturated heterocycles. The quantitative estimate of drug-likeness (QED) is 0.394. The SMILES string of the molecule is CCc1ccc2nc(-c3ccc(-c4ccc(N5CCN(C(C)(C)C(=O)O)CC5)cc4)cc3)[nH]c2c1. The van der Waals surface area contributed by atoms with Crippen molar-refractivity contribution >= 4 is 22.7 Å². The number of carboxylic acids is 1. The molecule has 2 heterocycles. The van der Waals surface area contributed by atoms with Crippen LogP contribution in [0.1, 0.15) is 26.3 Å². The number of carboxylic acid groups (broad SMARTS) is 1. The van der Waals surface area contributed by atoms with Crippen molar-refractivity contribution in [2.45, 2.75) is 32.7 Å². The molecule has 6 heteroatoms. The van der Waals surface area contributed by atoms with E-state index in [1.165, 1.54) is 16.8 Å². The maximum atomic E-state index is 11.5. The lowest BCUT2D eigenvalue weighted by molar-refractivity contribution is -0.149. The summed E-state index contributed by atoms with van der Waals surface area (Å²) in [5.74, 6) is 0.118. The number of hydrogen-bond acceptors (Lipinski definition) is 4. The number of nitrogens with zero attached hydrogens (tertiary/aromatic N) is 3. The average molecular weight is 469 g/mol. The number of anilines is 1. The highest BCUT2D eigenvalue weighted by atomic mass is 16.4. The largest absolute Gasteiger partial charge is 0.480 e. The van der Waals surface area contributed by atoms with Crippen molar-refractivity contribution in [1.29, 1.82) is 0 Å².